The van der Waals surface area contributed by atoms with Crippen LogP contribution < -0.4 is 10.9 Å². The van der Waals surface area contributed by atoms with Crippen LogP contribution in [0.2, 0.25) is 5.02 Å². The summed E-state index contributed by atoms with van der Waals surface area (Å²) >= 11 is 7.47. The Morgan fingerprint density at radius 3 is 2.81 bits per heavy atom. The van der Waals surface area contributed by atoms with E-state index in [0.717, 1.165) is 29.5 Å². The summed E-state index contributed by atoms with van der Waals surface area (Å²) in [6.45, 7) is 0.311. The standard InChI is InChI=1S/C19H18ClN3O2S/c20-12-5-7-13(8-6-12)22-16(24)9-10-23-11-21-18-17(19(23)25)14-3-1-2-4-15(14)26-18/h5-8,11H,1-4,9-10H2,(H,22,24). The summed E-state index contributed by atoms with van der Waals surface area (Å²) in [7, 11) is 0. The van der Waals surface area contributed by atoms with Crippen molar-refractivity contribution in [2.75, 3.05) is 5.32 Å². The topological polar surface area (TPSA) is 64.0 Å². The Labute approximate surface area is 159 Å². The Balaban J connectivity index is 1.50. The molecule has 4 rings (SSSR count). The Kier molecular flexibility index (Phi) is 4.78. The molecule has 2 aromatic heterocycles. The van der Waals surface area contributed by atoms with Crippen LogP contribution in [0, 0.1) is 0 Å². The van der Waals surface area contributed by atoms with E-state index < -0.39 is 0 Å². The summed E-state index contributed by atoms with van der Waals surface area (Å²) in [4.78, 5) is 31.6. The molecule has 0 bridgehead atoms. The van der Waals surface area contributed by atoms with Crippen LogP contribution >= 0.6 is 22.9 Å². The second kappa shape index (κ2) is 7.21. The SMILES string of the molecule is O=C(CCn1cnc2sc3c(c2c1=O)CCCC3)Nc1ccc(Cl)cc1. The van der Waals surface area contributed by atoms with E-state index in [1.807, 2.05) is 0 Å². The second-order valence-electron chi connectivity index (χ2n) is 6.44. The predicted octanol–water partition coefficient (Wildman–Crippen LogP) is 4.02. The first-order valence-electron chi connectivity index (χ1n) is 8.67. The van der Waals surface area contributed by atoms with Gasteiger partial charge in [0.2, 0.25) is 5.91 Å². The average molecular weight is 388 g/mol. The Hall–Kier alpha value is -2.18. The number of aryl methyl sites for hydroxylation is 3. The van der Waals surface area contributed by atoms with Crippen molar-refractivity contribution < 1.29 is 4.79 Å². The van der Waals surface area contributed by atoms with Crippen molar-refractivity contribution >= 4 is 44.7 Å². The molecular formula is C19H18ClN3O2S. The number of fused-ring (bicyclic) bond motifs is 3. The highest BCUT2D eigenvalue weighted by Gasteiger charge is 2.20. The number of hydrogen-bond donors (Lipinski definition) is 1. The monoisotopic (exact) mass is 387 g/mol. The lowest BCUT2D eigenvalue weighted by Crippen LogP contribution is -2.24. The number of anilines is 1. The zero-order chi connectivity index (χ0) is 18.1. The van der Waals surface area contributed by atoms with Crippen LogP contribution in [0.1, 0.15) is 29.7 Å². The molecule has 0 atom stereocenters. The number of halogens is 1. The van der Waals surface area contributed by atoms with Crippen LogP contribution in [0.25, 0.3) is 10.2 Å². The van der Waals surface area contributed by atoms with Crippen LogP contribution in [0.3, 0.4) is 0 Å². The highest BCUT2D eigenvalue weighted by Crippen LogP contribution is 2.33. The van der Waals surface area contributed by atoms with Gasteiger partial charge in [-0.15, -0.1) is 11.3 Å². The van der Waals surface area contributed by atoms with Gasteiger partial charge in [0.15, 0.2) is 0 Å². The van der Waals surface area contributed by atoms with Gasteiger partial charge in [0, 0.05) is 28.6 Å². The van der Waals surface area contributed by atoms with Gasteiger partial charge >= 0.3 is 0 Å². The molecule has 3 aromatic rings. The molecule has 0 saturated heterocycles. The van der Waals surface area contributed by atoms with E-state index >= 15 is 0 Å². The summed E-state index contributed by atoms with van der Waals surface area (Å²) in [5.74, 6) is -0.147. The fourth-order valence-electron chi connectivity index (χ4n) is 3.32. The van der Waals surface area contributed by atoms with Gasteiger partial charge in [-0.1, -0.05) is 11.6 Å². The fourth-order valence-corrected chi connectivity index (χ4v) is 4.66. The van der Waals surface area contributed by atoms with Gasteiger partial charge in [-0.05, 0) is 55.5 Å². The smallest absolute Gasteiger partial charge is 0.262 e. The first-order valence-corrected chi connectivity index (χ1v) is 9.86. The van der Waals surface area contributed by atoms with Crippen LogP contribution in [0.15, 0.2) is 35.4 Å². The zero-order valence-corrected chi connectivity index (χ0v) is 15.7. The molecule has 0 fully saturated rings. The van der Waals surface area contributed by atoms with Gasteiger partial charge in [0.05, 0.1) is 11.7 Å². The maximum atomic E-state index is 12.9. The Morgan fingerprint density at radius 1 is 1.23 bits per heavy atom. The predicted molar refractivity (Wildman–Crippen MR) is 105 cm³/mol. The van der Waals surface area contributed by atoms with Crippen molar-refractivity contribution in [3.63, 3.8) is 0 Å². The largest absolute Gasteiger partial charge is 0.326 e. The molecule has 134 valence electrons. The number of nitrogens with zero attached hydrogens (tertiary/aromatic N) is 2. The van der Waals surface area contributed by atoms with Gasteiger partial charge in [-0.2, -0.15) is 0 Å². The Morgan fingerprint density at radius 2 is 2.00 bits per heavy atom. The van der Waals surface area contributed by atoms with Gasteiger partial charge in [-0.3, -0.25) is 14.2 Å². The van der Waals surface area contributed by atoms with Gasteiger partial charge in [0.25, 0.3) is 5.56 Å². The lowest BCUT2D eigenvalue weighted by atomic mass is 9.97. The molecule has 7 heteroatoms. The maximum absolute atomic E-state index is 12.9. The number of carbonyl (C=O) groups excluding carboxylic acids is 1. The molecule has 0 aliphatic heterocycles. The van der Waals surface area contributed by atoms with Gasteiger partial charge in [-0.25, -0.2) is 4.98 Å². The van der Waals surface area contributed by atoms with E-state index in [1.165, 1.54) is 16.9 Å². The molecule has 0 spiro atoms. The average Bonchev–Trinajstić information content (AvgIpc) is 3.02. The van der Waals surface area contributed by atoms with Crippen molar-refractivity contribution in [1.82, 2.24) is 9.55 Å². The van der Waals surface area contributed by atoms with E-state index in [-0.39, 0.29) is 17.9 Å². The van der Waals surface area contributed by atoms with Crippen molar-refractivity contribution in [2.45, 2.75) is 38.6 Å². The molecule has 0 unspecified atom stereocenters. The maximum Gasteiger partial charge on any atom is 0.262 e. The summed E-state index contributed by atoms with van der Waals surface area (Å²) in [6, 6.07) is 6.94. The summed E-state index contributed by atoms with van der Waals surface area (Å²) in [6.07, 6.45) is 6.06. The van der Waals surface area contributed by atoms with Crippen molar-refractivity contribution in [3.8, 4) is 0 Å². The molecule has 0 saturated carbocycles. The number of amides is 1. The third-order valence-electron chi connectivity index (χ3n) is 4.65. The third-order valence-corrected chi connectivity index (χ3v) is 6.10. The number of carbonyl (C=O) groups is 1. The number of rotatable bonds is 4. The second-order valence-corrected chi connectivity index (χ2v) is 7.96. The molecule has 1 aliphatic carbocycles. The van der Waals surface area contributed by atoms with Crippen molar-refractivity contribution in [3.05, 3.63) is 56.4 Å². The highest BCUT2D eigenvalue weighted by atomic mass is 35.5. The summed E-state index contributed by atoms with van der Waals surface area (Å²) < 4.78 is 1.55. The normalized spacial score (nSPS) is 13.6. The van der Waals surface area contributed by atoms with Crippen LogP contribution in [-0.4, -0.2) is 15.5 Å². The van der Waals surface area contributed by atoms with Gasteiger partial charge < -0.3 is 5.32 Å². The van der Waals surface area contributed by atoms with E-state index in [9.17, 15) is 9.59 Å². The first kappa shape index (κ1) is 17.2. The van der Waals surface area contributed by atoms with Crippen molar-refractivity contribution in [2.24, 2.45) is 0 Å². The Bertz CT molecular complexity index is 1020. The van der Waals surface area contributed by atoms with E-state index in [4.69, 9.17) is 11.6 Å². The highest BCUT2D eigenvalue weighted by molar-refractivity contribution is 7.18. The minimum absolute atomic E-state index is 0.0336. The van der Waals surface area contributed by atoms with Crippen LogP contribution in [0.4, 0.5) is 5.69 Å². The molecule has 1 aliphatic rings. The lowest BCUT2D eigenvalue weighted by molar-refractivity contribution is -0.116. The number of aromatic nitrogens is 2. The lowest BCUT2D eigenvalue weighted by Gasteiger charge is -2.10. The van der Waals surface area contributed by atoms with Crippen LogP contribution in [0.5, 0.6) is 0 Å². The first-order chi connectivity index (χ1) is 12.6. The van der Waals surface area contributed by atoms with E-state index in [1.54, 1.807) is 46.5 Å². The summed E-state index contributed by atoms with van der Waals surface area (Å²) in [5.41, 5.74) is 1.83. The fraction of sp³-hybridized carbons (Fsp3) is 0.316. The minimum Gasteiger partial charge on any atom is -0.326 e. The third kappa shape index (κ3) is 3.39. The molecule has 1 aromatic carbocycles. The molecule has 2 heterocycles. The van der Waals surface area contributed by atoms with Crippen molar-refractivity contribution in [1.29, 1.82) is 0 Å². The zero-order valence-electron chi connectivity index (χ0n) is 14.1. The quantitative estimate of drug-likeness (QED) is 0.735. The van der Waals surface area contributed by atoms with E-state index in [0.29, 0.717) is 17.3 Å². The van der Waals surface area contributed by atoms with Gasteiger partial charge in [0.1, 0.15) is 4.83 Å². The molecule has 1 N–H and O–H groups in total. The number of benzene rings is 1. The molecular weight excluding hydrogens is 370 g/mol. The van der Waals surface area contributed by atoms with Crippen LogP contribution in [-0.2, 0) is 24.2 Å². The number of hydrogen-bond acceptors (Lipinski definition) is 4. The molecule has 0 radical (unpaired) electrons. The number of nitrogens with one attached hydrogen (secondary N) is 1. The molecule has 1 amide bonds. The summed E-state index contributed by atoms with van der Waals surface area (Å²) in [5, 5.41) is 4.18. The molecule has 5 nitrogen and oxygen atoms in total. The number of thiophene rings is 1. The van der Waals surface area contributed by atoms with E-state index in [2.05, 4.69) is 10.3 Å². The molecule has 26 heavy (non-hydrogen) atoms. The minimum atomic E-state index is -0.147.